The number of nitrogens with zero attached hydrogens (tertiary/aromatic N) is 1. The fraction of sp³-hybridized carbons (Fsp3) is 0.625. The van der Waals surface area contributed by atoms with Crippen molar-refractivity contribution in [2.24, 2.45) is 5.92 Å². The van der Waals surface area contributed by atoms with Gasteiger partial charge in [-0.3, -0.25) is 4.90 Å². The van der Waals surface area contributed by atoms with Crippen LogP contribution in [-0.4, -0.2) is 36.2 Å². The zero-order chi connectivity index (χ0) is 14.8. The number of piperazine rings is 1. The highest BCUT2D eigenvalue weighted by molar-refractivity contribution is 9.10. The van der Waals surface area contributed by atoms with Gasteiger partial charge in [0.05, 0.1) is 4.47 Å². The third-order valence-corrected chi connectivity index (χ3v) is 5.56. The average Bonchev–Trinajstić information content (AvgIpc) is 3.03. The lowest BCUT2D eigenvalue weighted by atomic mass is 9.89. The highest BCUT2D eigenvalue weighted by Crippen LogP contribution is 2.44. The second kappa shape index (κ2) is 6.63. The number of halogens is 2. The lowest BCUT2D eigenvalue weighted by molar-refractivity contribution is 0.123. The zero-order valence-electron chi connectivity index (χ0n) is 12.1. The number of hydrogen-bond donors (Lipinski definition) is 2. The number of phenols is 1. The van der Waals surface area contributed by atoms with E-state index in [1.54, 1.807) is 6.07 Å². The first-order chi connectivity index (χ1) is 10.2. The molecule has 3 rings (SSSR count). The van der Waals surface area contributed by atoms with E-state index in [2.05, 4.69) is 26.1 Å². The molecule has 21 heavy (non-hydrogen) atoms. The molecule has 0 amide bonds. The predicted molar refractivity (Wildman–Crippen MR) is 84.9 cm³/mol. The van der Waals surface area contributed by atoms with Crippen LogP contribution < -0.4 is 5.32 Å². The van der Waals surface area contributed by atoms with Crippen molar-refractivity contribution in [3.8, 4) is 5.75 Å². The van der Waals surface area contributed by atoms with Crippen LogP contribution in [0.1, 0.15) is 37.3 Å². The van der Waals surface area contributed by atoms with Crippen molar-refractivity contribution in [2.45, 2.75) is 31.7 Å². The van der Waals surface area contributed by atoms with Crippen LogP contribution in [0.4, 0.5) is 4.39 Å². The van der Waals surface area contributed by atoms with E-state index in [-0.39, 0.29) is 16.3 Å². The van der Waals surface area contributed by atoms with Crippen LogP contribution >= 0.6 is 15.9 Å². The van der Waals surface area contributed by atoms with E-state index in [1.807, 2.05) is 0 Å². The van der Waals surface area contributed by atoms with Gasteiger partial charge in [0.1, 0.15) is 11.6 Å². The highest BCUT2D eigenvalue weighted by atomic mass is 79.9. The van der Waals surface area contributed by atoms with Crippen LogP contribution in [-0.2, 0) is 0 Å². The Morgan fingerprint density at radius 1 is 1.24 bits per heavy atom. The third kappa shape index (κ3) is 3.10. The molecule has 0 spiro atoms. The zero-order valence-corrected chi connectivity index (χ0v) is 13.7. The van der Waals surface area contributed by atoms with Gasteiger partial charge in [-0.2, -0.15) is 0 Å². The largest absolute Gasteiger partial charge is 0.506 e. The Morgan fingerprint density at radius 2 is 1.90 bits per heavy atom. The van der Waals surface area contributed by atoms with E-state index in [0.29, 0.717) is 5.92 Å². The Balaban J connectivity index is 1.96. The molecule has 1 aromatic rings. The van der Waals surface area contributed by atoms with Crippen molar-refractivity contribution in [2.75, 3.05) is 26.2 Å². The molecular weight excluding hydrogens is 335 g/mol. The van der Waals surface area contributed by atoms with Gasteiger partial charge in [-0.05, 0) is 40.8 Å². The number of nitrogens with one attached hydrogen (secondary N) is 1. The molecule has 1 heterocycles. The summed E-state index contributed by atoms with van der Waals surface area (Å²) in [6.45, 7) is 3.92. The molecule has 1 saturated carbocycles. The summed E-state index contributed by atoms with van der Waals surface area (Å²) < 4.78 is 13.8. The number of benzene rings is 1. The number of aromatic hydroxyl groups is 1. The summed E-state index contributed by atoms with van der Waals surface area (Å²) in [7, 11) is 0. The van der Waals surface area contributed by atoms with Gasteiger partial charge in [0.15, 0.2) is 0 Å². The van der Waals surface area contributed by atoms with E-state index in [9.17, 15) is 9.50 Å². The van der Waals surface area contributed by atoms with Crippen molar-refractivity contribution in [3.63, 3.8) is 0 Å². The summed E-state index contributed by atoms with van der Waals surface area (Å²) in [5, 5.41) is 13.8. The number of phenolic OH excluding ortho intramolecular Hbond substituents is 1. The standard InChI is InChI=1S/C16H22BrFN2O/c17-14-13(18)6-5-12(16(14)21)15(11-3-1-2-4-11)20-9-7-19-8-10-20/h5-6,11,15,19,21H,1-4,7-10H2/t15-/m1/s1. The van der Waals surface area contributed by atoms with Crippen LogP contribution in [0, 0.1) is 11.7 Å². The van der Waals surface area contributed by atoms with Gasteiger partial charge in [-0.1, -0.05) is 18.9 Å². The smallest absolute Gasteiger partial charge is 0.141 e. The summed E-state index contributed by atoms with van der Waals surface area (Å²) in [4.78, 5) is 2.45. The Labute approximate surface area is 133 Å². The Kier molecular flexibility index (Phi) is 4.82. The first-order valence-electron chi connectivity index (χ1n) is 7.80. The summed E-state index contributed by atoms with van der Waals surface area (Å²) in [6.07, 6.45) is 4.92. The SMILES string of the molecule is Oc1c([C@@H](C2CCCC2)N2CCNCC2)ccc(F)c1Br. The van der Waals surface area contributed by atoms with Crippen LogP contribution in [0.2, 0.25) is 0 Å². The van der Waals surface area contributed by atoms with Gasteiger partial charge in [0.25, 0.3) is 0 Å². The van der Waals surface area contributed by atoms with Crippen LogP contribution in [0.15, 0.2) is 16.6 Å². The normalized spacial score (nSPS) is 22.6. The van der Waals surface area contributed by atoms with E-state index in [4.69, 9.17) is 0 Å². The molecule has 1 aromatic carbocycles. The van der Waals surface area contributed by atoms with Crippen molar-refractivity contribution >= 4 is 15.9 Å². The first kappa shape index (κ1) is 15.3. The minimum absolute atomic E-state index is 0.0745. The fourth-order valence-corrected chi connectivity index (χ4v) is 4.14. The van der Waals surface area contributed by atoms with E-state index >= 15 is 0 Å². The van der Waals surface area contributed by atoms with Crippen LogP contribution in [0.3, 0.4) is 0 Å². The van der Waals surface area contributed by atoms with Crippen molar-refractivity contribution in [1.29, 1.82) is 0 Å². The molecule has 1 aliphatic carbocycles. The first-order valence-corrected chi connectivity index (χ1v) is 8.59. The molecule has 0 bridgehead atoms. The maximum Gasteiger partial charge on any atom is 0.141 e. The Hall–Kier alpha value is -0.650. The molecule has 0 unspecified atom stereocenters. The minimum Gasteiger partial charge on any atom is -0.506 e. The summed E-state index contributed by atoms with van der Waals surface area (Å²) in [5.74, 6) is 0.235. The maximum atomic E-state index is 13.6. The van der Waals surface area contributed by atoms with Crippen LogP contribution in [0.5, 0.6) is 5.75 Å². The number of hydrogen-bond acceptors (Lipinski definition) is 3. The van der Waals surface area contributed by atoms with Crippen LogP contribution in [0.25, 0.3) is 0 Å². The monoisotopic (exact) mass is 356 g/mol. The fourth-order valence-electron chi connectivity index (χ4n) is 3.78. The van der Waals surface area contributed by atoms with E-state index in [1.165, 1.54) is 31.7 Å². The van der Waals surface area contributed by atoms with Gasteiger partial charge >= 0.3 is 0 Å². The molecule has 3 nitrogen and oxygen atoms in total. The Bertz CT molecular complexity index is 499. The van der Waals surface area contributed by atoms with E-state index in [0.717, 1.165) is 31.7 Å². The average molecular weight is 357 g/mol. The summed E-state index contributed by atoms with van der Waals surface area (Å²) >= 11 is 3.18. The third-order valence-electron chi connectivity index (χ3n) is 4.81. The van der Waals surface area contributed by atoms with E-state index < -0.39 is 5.82 Å². The van der Waals surface area contributed by atoms with Gasteiger partial charge in [-0.25, -0.2) is 4.39 Å². The molecule has 1 aliphatic heterocycles. The predicted octanol–water partition coefficient (Wildman–Crippen LogP) is 3.43. The molecular formula is C16H22BrFN2O. The van der Waals surface area contributed by atoms with Gasteiger partial charge in [0.2, 0.25) is 0 Å². The second-order valence-electron chi connectivity index (χ2n) is 6.07. The summed E-state index contributed by atoms with van der Waals surface area (Å²) in [5.41, 5.74) is 0.872. The number of rotatable bonds is 3. The lowest BCUT2D eigenvalue weighted by Gasteiger charge is -2.39. The minimum atomic E-state index is -0.401. The maximum absolute atomic E-state index is 13.6. The van der Waals surface area contributed by atoms with Gasteiger partial charge in [0, 0.05) is 37.8 Å². The molecule has 1 saturated heterocycles. The molecule has 5 heteroatoms. The van der Waals surface area contributed by atoms with Gasteiger partial charge in [-0.15, -0.1) is 0 Å². The molecule has 1 atom stereocenters. The van der Waals surface area contributed by atoms with Crippen molar-refractivity contribution in [3.05, 3.63) is 28.0 Å². The molecule has 0 radical (unpaired) electrons. The highest BCUT2D eigenvalue weighted by Gasteiger charge is 2.34. The Morgan fingerprint density at radius 3 is 2.57 bits per heavy atom. The lowest BCUT2D eigenvalue weighted by Crippen LogP contribution is -2.46. The molecule has 2 fully saturated rings. The van der Waals surface area contributed by atoms with Crippen molar-refractivity contribution in [1.82, 2.24) is 10.2 Å². The molecule has 2 aliphatic rings. The second-order valence-corrected chi connectivity index (χ2v) is 6.87. The molecule has 0 aromatic heterocycles. The molecule has 2 N–H and O–H groups in total. The van der Waals surface area contributed by atoms with Crippen molar-refractivity contribution < 1.29 is 9.50 Å². The topological polar surface area (TPSA) is 35.5 Å². The molecule has 116 valence electrons. The van der Waals surface area contributed by atoms with Gasteiger partial charge < -0.3 is 10.4 Å². The quantitative estimate of drug-likeness (QED) is 0.870. The summed E-state index contributed by atoms with van der Waals surface area (Å²) in [6, 6.07) is 3.43.